The fraction of sp³-hybridized carbons (Fsp3) is 0.176. The molecule has 0 saturated carbocycles. The molecular formula is C17H16F3N3O3S. The molecule has 0 aliphatic heterocycles. The van der Waals surface area contributed by atoms with Crippen molar-refractivity contribution < 1.29 is 27.4 Å². The van der Waals surface area contributed by atoms with Crippen LogP contribution in [-0.4, -0.2) is 24.0 Å². The van der Waals surface area contributed by atoms with Crippen LogP contribution in [0.5, 0.6) is 11.5 Å². The Morgan fingerprint density at radius 1 is 1.00 bits per heavy atom. The minimum atomic E-state index is -4.75. The number of carbonyl (C=O) groups excluding carboxylic acids is 1. The molecule has 0 bridgehead atoms. The third kappa shape index (κ3) is 7.02. The second-order valence-electron chi connectivity index (χ2n) is 5.06. The van der Waals surface area contributed by atoms with Crippen LogP contribution < -0.4 is 25.6 Å². The van der Waals surface area contributed by atoms with Crippen LogP contribution in [0.3, 0.4) is 0 Å². The van der Waals surface area contributed by atoms with Crippen molar-refractivity contribution in [3.8, 4) is 11.5 Å². The summed E-state index contributed by atoms with van der Waals surface area (Å²) in [5.41, 5.74) is 5.71. The van der Waals surface area contributed by atoms with Gasteiger partial charge in [0.05, 0.1) is 6.61 Å². The highest BCUT2D eigenvalue weighted by Gasteiger charge is 2.30. The molecule has 0 heterocycles. The van der Waals surface area contributed by atoms with Gasteiger partial charge in [-0.05, 0) is 67.7 Å². The number of halogens is 3. The third-order valence-corrected chi connectivity index (χ3v) is 3.27. The van der Waals surface area contributed by atoms with E-state index in [0.717, 1.165) is 12.1 Å². The summed E-state index contributed by atoms with van der Waals surface area (Å²) in [4.78, 5) is 12.0. The molecule has 0 fully saturated rings. The molecule has 2 rings (SSSR count). The first-order valence-corrected chi connectivity index (χ1v) is 8.13. The van der Waals surface area contributed by atoms with Gasteiger partial charge in [0.15, 0.2) is 5.11 Å². The van der Waals surface area contributed by atoms with E-state index < -0.39 is 12.3 Å². The van der Waals surface area contributed by atoms with E-state index in [1.54, 1.807) is 24.3 Å². The average Bonchev–Trinajstić information content (AvgIpc) is 2.61. The van der Waals surface area contributed by atoms with E-state index in [-0.39, 0.29) is 10.9 Å². The van der Waals surface area contributed by atoms with Crippen molar-refractivity contribution in [3.05, 3.63) is 54.1 Å². The molecule has 0 aliphatic carbocycles. The predicted octanol–water partition coefficient (Wildman–Crippen LogP) is 3.62. The number of benzene rings is 2. The molecule has 10 heteroatoms. The maximum atomic E-state index is 12.1. The summed E-state index contributed by atoms with van der Waals surface area (Å²) >= 11 is 5.01. The lowest BCUT2D eigenvalue weighted by Crippen LogP contribution is -2.43. The van der Waals surface area contributed by atoms with E-state index >= 15 is 0 Å². The smallest absolute Gasteiger partial charge is 0.494 e. The molecule has 27 heavy (non-hydrogen) atoms. The average molecular weight is 399 g/mol. The highest BCUT2D eigenvalue weighted by atomic mass is 32.1. The number of thiocarbonyl (C=S) groups is 1. The van der Waals surface area contributed by atoms with Crippen molar-refractivity contribution in [2.45, 2.75) is 13.3 Å². The fourth-order valence-electron chi connectivity index (χ4n) is 1.96. The number of hydrazine groups is 1. The number of hydrogen-bond acceptors (Lipinski definition) is 4. The Labute approximate surface area is 158 Å². The molecule has 3 N–H and O–H groups in total. The summed E-state index contributed by atoms with van der Waals surface area (Å²) in [7, 11) is 0. The number of anilines is 1. The minimum Gasteiger partial charge on any atom is -0.494 e. The van der Waals surface area contributed by atoms with Gasteiger partial charge in [-0.2, -0.15) is 0 Å². The number of rotatable bonds is 5. The molecule has 0 spiro atoms. The van der Waals surface area contributed by atoms with Crippen molar-refractivity contribution in [1.29, 1.82) is 0 Å². The molecule has 144 valence electrons. The number of carbonyl (C=O) groups is 1. The molecular weight excluding hydrogens is 383 g/mol. The highest BCUT2D eigenvalue weighted by Crippen LogP contribution is 2.23. The summed E-state index contributed by atoms with van der Waals surface area (Å²) in [5, 5.41) is 2.77. The van der Waals surface area contributed by atoms with Crippen LogP contribution in [0.4, 0.5) is 18.9 Å². The zero-order chi connectivity index (χ0) is 19.9. The van der Waals surface area contributed by atoms with Gasteiger partial charge in [-0.3, -0.25) is 15.6 Å². The second-order valence-corrected chi connectivity index (χ2v) is 5.47. The Hall–Kier alpha value is -3.01. The first-order chi connectivity index (χ1) is 12.8. The fourth-order valence-corrected chi connectivity index (χ4v) is 2.13. The van der Waals surface area contributed by atoms with Crippen molar-refractivity contribution in [2.75, 3.05) is 11.9 Å². The van der Waals surface area contributed by atoms with E-state index in [9.17, 15) is 18.0 Å². The van der Waals surface area contributed by atoms with Crippen LogP contribution in [-0.2, 0) is 0 Å². The van der Waals surface area contributed by atoms with Crippen LogP contribution >= 0.6 is 12.2 Å². The Morgan fingerprint density at radius 2 is 1.59 bits per heavy atom. The van der Waals surface area contributed by atoms with Gasteiger partial charge in [-0.15, -0.1) is 13.2 Å². The van der Waals surface area contributed by atoms with Crippen molar-refractivity contribution in [2.24, 2.45) is 0 Å². The Bertz CT molecular complexity index is 781. The third-order valence-electron chi connectivity index (χ3n) is 3.06. The Kier molecular flexibility index (Phi) is 6.83. The molecule has 6 nitrogen and oxygen atoms in total. The largest absolute Gasteiger partial charge is 0.573 e. The normalized spacial score (nSPS) is 10.7. The molecule has 1 amide bonds. The highest BCUT2D eigenvalue weighted by molar-refractivity contribution is 7.80. The number of alkyl halides is 3. The van der Waals surface area contributed by atoms with Gasteiger partial charge in [0, 0.05) is 11.3 Å². The van der Waals surface area contributed by atoms with Gasteiger partial charge in [0.25, 0.3) is 5.91 Å². The molecule has 0 radical (unpaired) electrons. The topological polar surface area (TPSA) is 71.6 Å². The molecule has 0 saturated heterocycles. The molecule has 0 aliphatic rings. The molecule has 2 aromatic rings. The van der Waals surface area contributed by atoms with Gasteiger partial charge in [-0.25, -0.2) is 0 Å². The van der Waals surface area contributed by atoms with E-state index in [0.29, 0.717) is 23.6 Å². The van der Waals surface area contributed by atoms with Gasteiger partial charge >= 0.3 is 6.36 Å². The first kappa shape index (κ1) is 20.3. The first-order valence-electron chi connectivity index (χ1n) is 7.73. The summed E-state index contributed by atoms with van der Waals surface area (Å²) < 4.78 is 45.4. The van der Waals surface area contributed by atoms with Crippen LogP contribution in [0.1, 0.15) is 17.3 Å². The van der Waals surface area contributed by atoms with Gasteiger partial charge in [0.2, 0.25) is 0 Å². The quantitative estimate of drug-likeness (QED) is 0.527. The summed E-state index contributed by atoms with van der Waals surface area (Å²) in [6.07, 6.45) is -4.75. The maximum absolute atomic E-state index is 12.1. The molecule has 2 aromatic carbocycles. The summed E-state index contributed by atoms with van der Waals surface area (Å²) in [5.74, 6) is -0.121. The number of ether oxygens (including phenoxy) is 2. The summed E-state index contributed by atoms with van der Waals surface area (Å²) in [6.45, 7) is 2.38. The number of hydrogen-bond donors (Lipinski definition) is 3. The summed E-state index contributed by atoms with van der Waals surface area (Å²) in [6, 6.07) is 11.5. The lowest BCUT2D eigenvalue weighted by atomic mass is 10.2. The lowest BCUT2D eigenvalue weighted by Gasteiger charge is -2.13. The van der Waals surface area contributed by atoms with Crippen LogP contribution in [0, 0.1) is 0 Å². The van der Waals surface area contributed by atoms with Gasteiger partial charge < -0.3 is 14.8 Å². The van der Waals surface area contributed by atoms with Gasteiger partial charge in [0.1, 0.15) is 11.5 Å². The van der Waals surface area contributed by atoms with Gasteiger partial charge in [-0.1, -0.05) is 0 Å². The Balaban J connectivity index is 1.82. The van der Waals surface area contributed by atoms with E-state index in [1.807, 2.05) is 6.92 Å². The predicted molar refractivity (Wildman–Crippen MR) is 97.6 cm³/mol. The van der Waals surface area contributed by atoms with E-state index in [4.69, 9.17) is 17.0 Å². The zero-order valence-electron chi connectivity index (χ0n) is 14.1. The van der Waals surface area contributed by atoms with Crippen molar-refractivity contribution >= 4 is 28.9 Å². The van der Waals surface area contributed by atoms with Crippen molar-refractivity contribution in [1.82, 2.24) is 10.9 Å². The second kappa shape index (κ2) is 9.08. The van der Waals surface area contributed by atoms with E-state index in [1.165, 1.54) is 12.1 Å². The minimum absolute atomic E-state index is 0.0544. The molecule has 0 atom stereocenters. The SMILES string of the molecule is CCOc1ccc(C(=O)NNC(=S)Nc2ccc(OC(F)(F)F)cc2)cc1. The molecule has 0 unspecified atom stereocenters. The van der Waals surface area contributed by atoms with Crippen molar-refractivity contribution in [3.63, 3.8) is 0 Å². The van der Waals surface area contributed by atoms with E-state index in [2.05, 4.69) is 20.9 Å². The lowest BCUT2D eigenvalue weighted by molar-refractivity contribution is -0.274. The standard InChI is InChI=1S/C17H16F3N3O3S/c1-2-25-13-7-3-11(4-8-13)15(24)22-23-16(27)21-12-5-9-14(10-6-12)26-17(18,19)20/h3-10H,2H2,1H3,(H,22,24)(H2,21,23,27). The molecule has 0 aromatic heterocycles. The van der Waals surface area contributed by atoms with Crippen LogP contribution in [0.15, 0.2) is 48.5 Å². The zero-order valence-corrected chi connectivity index (χ0v) is 14.9. The number of amides is 1. The van der Waals surface area contributed by atoms with Crippen LogP contribution in [0.25, 0.3) is 0 Å². The monoisotopic (exact) mass is 399 g/mol. The van der Waals surface area contributed by atoms with Crippen LogP contribution in [0.2, 0.25) is 0 Å². The number of nitrogens with one attached hydrogen (secondary N) is 3. The maximum Gasteiger partial charge on any atom is 0.573 e. The Morgan fingerprint density at radius 3 is 2.15 bits per heavy atom.